The van der Waals surface area contributed by atoms with E-state index in [9.17, 15) is 9.59 Å². The zero-order chi connectivity index (χ0) is 20.1. The van der Waals surface area contributed by atoms with Gasteiger partial charge in [0.25, 0.3) is 0 Å². The number of carbonyl (C=O) groups excluding carboxylic acids is 2. The fourth-order valence-electron chi connectivity index (χ4n) is 4.37. The Balaban J connectivity index is 1.61. The summed E-state index contributed by atoms with van der Waals surface area (Å²) in [6.07, 6.45) is 5.12. The van der Waals surface area contributed by atoms with Gasteiger partial charge in [0.05, 0.1) is 17.2 Å². The molecule has 1 heterocycles. The molecule has 0 spiro atoms. The van der Waals surface area contributed by atoms with Gasteiger partial charge in [-0.05, 0) is 50.7 Å². The number of halogens is 1. The van der Waals surface area contributed by atoms with E-state index in [-0.39, 0.29) is 29.5 Å². The molecule has 1 aromatic heterocycles. The molecule has 2 unspecified atom stereocenters. The Kier molecular flexibility index (Phi) is 4.83. The molecule has 2 bridgehead atoms. The van der Waals surface area contributed by atoms with Crippen LogP contribution >= 0.6 is 22.9 Å². The average molecular weight is 428 g/mol. The first kappa shape index (κ1) is 19.0. The van der Waals surface area contributed by atoms with Crippen LogP contribution in [0.3, 0.4) is 0 Å². The number of aromatic nitrogens is 1. The van der Waals surface area contributed by atoms with E-state index in [2.05, 4.69) is 6.92 Å². The molecular weight excluding hydrogens is 406 g/mol. The highest BCUT2D eigenvalue weighted by Gasteiger charge is 2.45. The number of hydrogen-bond donors (Lipinski definition) is 0. The molecule has 1 aromatic carbocycles. The van der Waals surface area contributed by atoms with E-state index in [0.29, 0.717) is 22.0 Å². The zero-order valence-corrected chi connectivity index (χ0v) is 17.8. The summed E-state index contributed by atoms with van der Waals surface area (Å²) >= 11 is 7.62. The Morgan fingerprint density at radius 3 is 2.59 bits per heavy atom. The van der Waals surface area contributed by atoms with Crippen LogP contribution in [0.1, 0.15) is 49.6 Å². The van der Waals surface area contributed by atoms with Crippen molar-refractivity contribution in [2.45, 2.75) is 45.4 Å². The molecule has 29 heavy (non-hydrogen) atoms. The summed E-state index contributed by atoms with van der Waals surface area (Å²) in [5.41, 5.74) is 2.25. The maximum absolute atomic E-state index is 13.3. The number of fused-ring (bicyclic) bond motifs is 2. The number of rotatable bonds is 5. The maximum Gasteiger partial charge on any atom is 0.314 e. The number of carbonyl (C=O) groups is 2. The minimum absolute atomic E-state index is 0.00341. The molecule has 0 radical (unpaired) electrons. The highest BCUT2D eigenvalue weighted by atomic mass is 35.5. The van der Waals surface area contributed by atoms with E-state index in [1.54, 1.807) is 11.3 Å². The van der Waals surface area contributed by atoms with Crippen molar-refractivity contribution in [1.29, 1.82) is 0 Å². The molecule has 2 atom stereocenters. The lowest BCUT2D eigenvalue weighted by Gasteiger charge is -2.24. The average Bonchev–Trinajstić information content (AvgIpc) is 3.34. The predicted octanol–water partition coefficient (Wildman–Crippen LogP) is 5.69. The Morgan fingerprint density at radius 2 is 1.90 bits per heavy atom. The largest absolute Gasteiger partial charge is 0.430 e. The maximum atomic E-state index is 13.3. The number of ketones is 1. The van der Waals surface area contributed by atoms with Gasteiger partial charge in [-0.25, -0.2) is 4.98 Å². The third kappa shape index (κ3) is 3.44. The van der Waals surface area contributed by atoms with Crippen LogP contribution in [0, 0.1) is 17.8 Å². The molecule has 150 valence electrons. The lowest BCUT2D eigenvalue weighted by Crippen LogP contribution is -2.25. The number of aryl methyl sites for hydroxylation is 1. The molecule has 5 rings (SSSR count). The number of nitrogens with zero attached hydrogens (tertiary/aromatic N) is 1. The van der Waals surface area contributed by atoms with Crippen LogP contribution in [0.5, 0.6) is 0 Å². The van der Waals surface area contributed by atoms with E-state index < -0.39 is 0 Å². The highest BCUT2D eigenvalue weighted by Crippen LogP contribution is 2.48. The number of hydrogen-bond acceptors (Lipinski definition) is 5. The summed E-state index contributed by atoms with van der Waals surface area (Å²) in [5.74, 6) is 0.693. The van der Waals surface area contributed by atoms with Crippen molar-refractivity contribution in [3.05, 3.63) is 45.6 Å². The summed E-state index contributed by atoms with van der Waals surface area (Å²) in [5, 5.41) is 1.54. The van der Waals surface area contributed by atoms with Crippen LogP contribution in [0.2, 0.25) is 5.02 Å². The molecule has 2 fully saturated rings. The van der Waals surface area contributed by atoms with Gasteiger partial charge in [-0.2, -0.15) is 0 Å². The molecule has 3 aliphatic rings. The van der Waals surface area contributed by atoms with Gasteiger partial charge >= 0.3 is 5.97 Å². The molecule has 6 heteroatoms. The smallest absolute Gasteiger partial charge is 0.314 e. The lowest BCUT2D eigenvalue weighted by molar-refractivity contribution is -0.141. The molecule has 4 nitrogen and oxygen atoms in total. The fourth-order valence-corrected chi connectivity index (χ4v) is 5.51. The normalized spacial score (nSPS) is 23.6. The van der Waals surface area contributed by atoms with E-state index in [1.807, 2.05) is 24.3 Å². The lowest BCUT2D eigenvalue weighted by atomic mass is 9.84. The highest BCUT2D eigenvalue weighted by molar-refractivity contribution is 7.15. The van der Waals surface area contributed by atoms with Crippen LogP contribution in [0.15, 0.2) is 30.0 Å². The molecule has 0 saturated heterocycles. The Labute approximate surface area is 178 Å². The van der Waals surface area contributed by atoms with E-state index in [0.717, 1.165) is 54.0 Å². The van der Waals surface area contributed by atoms with Gasteiger partial charge in [-0.3, -0.25) is 9.59 Å². The van der Waals surface area contributed by atoms with Gasteiger partial charge in [0.15, 0.2) is 5.78 Å². The first-order valence-corrected chi connectivity index (χ1v) is 11.5. The van der Waals surface area contributed by atoms with Gasteiger partial charge in [0.1, 0.15) is 10.8 Å². The molecule has 0 amide bonds. The summed E-state index contributed by atoms with van der Waals surface area (Å²) < 4.78 is 5.88. The molecular formula is C23H22ClNO3S. The van der Waals surface area contributed by atoms with Crippen molar-refractivity contribution in [2.24, 2.45) is 17.8 Å². The fraction of sp³-hybridized carbons (Fsp3) is 0.435. The predicted molar refractivity (Wildman–Crippen MR) is 114 cm³/mol. The van der Waals surface area contributed by atoms with Crippen molar-refractivity contribution in [1.82, 2.24) is 4.98 Å². The second-order valence-electron chi connectivity index (χ2n) is 8.16. The van der Waals surface area contributed by atoms with Crippen LogP contribution in [-0.2, 0) is 20.7 Å². The Hall–Kier alpha value is -1.98. The van der Waals surface area contributed by atoms with Crippen molar-refractivity contribution in [3.8, 4) is 10.6 Å². The standard InChI is InChI=1S/C23H22ClNO3S/c1-2-17-19(25-22(29-17)12-7-9-16(24)10-8-12)18-20(26)14-5-6-15(11-14)21(18)28-23(27)13-3-4-13/h7-10,13-15H,2-6,11H2,1H3. The first-order valence-electron chi connectivity index (χ1n) is 10.3. The van der Waals surface area contributed by atoms with Gasteiger partial charge in [-0.1, -0.05) is 30.7 Å². The third-order valence-electron chi connectivity index (χ3n) is 6.13. The molecule has 3 aliphatic carbocycles. The van der Waals surface area contributed by atoms with Crippen LogP contribution in [0.4, 0.5) is 0 Å². The first-order chi connectivity index (χ1) is 14.0. The number of benzene rings is 1. The van der Waals surface area contributed by atoms with Crippen molar-refractivity contribution < 1.29 is 14.3 Å². The van der Waals surface area contributed by atoms with Gasteiger partial charge in [0.2, 0.25) is 0 Å². The van der Waals surface area contributed by atoms with Crippen molar-refractivity contribution >= 4 is 40.3 Å². The number of ether oxygens (including phenoxy) is 1. The third-order valence-corrected chi connectivity index (χ3v) is 7.64. The summed E-state index contributed by atoms with van der Waals surface area (Å²) in [6, 6.07) is 7.58. The Morgan fingerprint density at radius 1 is 1.17 bits per heavy atom. The van der Waals surface area contributed by atoms with Crippen molar-refractivity contribution in [3.63, 3.8) is 0 Å². The number of thiazole rings is 1. The van der Waals surface area contributed by atoms with Crippen LogP contribution < -0.4 is 0 Å². The van der Waals surface area contributed by atoms with Gasteiger partial charge < -0.3 is 4.74 Å². The molecule has 0 N–H and O–H groups in total. The van der Waals surface area contributed by atoms with Crippen molar-refractivity contribution in [2.75, 3.05) is 0 Å². The number of allylic oxidation sites excluding steroid dienone is 2. The number of esters is 1. The Bertz CT molecular complexity index is 1020. The quantitative estimate of drug-likeness (QED) is 0.575. The van der Waals surface area contributed by atoms with Gasteiger partial charge in [0, 0.05) is 27.3 Å². The summed E-state index contributed by atoms with van der Waals surface area (Å²) in [6.45, 7) is 2.07. The molecule has 2 aromatic rings. The molecule has 0 aliphatic heterocycles. The van der Waals surface area contributed by atoms with Gasteiger partial charge in [-0.15, -0.1) is 11.3 Å². The number of Topliss-reactive ketones (excluding diaryl/α,β-unsaturated/α-hetero) is 1. The topological polar surface area (TPSA) is 56.3 Å². The second-order valence-corrected chi connectivity index (χ2v) is 9.68. The van der Waals surface area contributed by atoms with E-state index >= 15 is 0 Å². The van der Waals surface area contributed by atoms with Crippen LogP contribution in [-0.4, -0.2) is 16.7 Å². The van der Waals surface area contributed by atoms with E-state index in [1.165, 1.54) is 0 Å². The SMILES string of the molecule is CCc1sc(-c2ccc(Cl)cc2)nc1C1=C(OC(=O)C2CC2)C2CCC(C2)C1=O. The zero-order valence-electron chi connectivity index (χ0n) is 16.2. The minimum Gasteiger partial charge on any atom is -0.430 e. The van der Waals surface area contributed by atoms with Crippen LogP contribution in [0.25, 0.3) is 16.1 Å². The van der Waals surface area contributed by atoms with E-state index in [4.69, 9.17) is 21.3 Å². The second kappa shape index (κ2) is 7.37. The summed E-state index contributed by atoms with van der Waals surface area (Å²) in [7, 11) is 0. The monoisotopic (exact) mass is 427 g/mol. The summed E-state index contributed by atoms with van der Waals surface area (Å²) in [4.78, 5) is 31.7. The minimum atomic E-state index is -0.179. The molecule has 2 saturated carbocycles.